The molecular weight excluding hydrogens is 298 g/mol. The van der Waals surface area contributed by atoms with E-state index in [1.54, 1.807) is 0 Å². The lowest BCUT2D eigenvalue weighted by molar-refractivity contribution is -0.385. The van der Waals surface area contributed by atoms with Gasteiger partial charge >= 0.3 is 0 Å². The van der Waals surface area contributed by atoms with Crippen molar-refractivity contribution in [3.05, 3.63) is 49.2 Å². The molecule has 0 bridgehead atoms. The maximum absolute atomic E-state index is 10.8. The van der Waals surface area contributed by atoms with Crippen LogP contribution in [0.25, 0.3) is 0 Å². The van der Waals surface area contributed by atoms with Crippen LogP contribution in [-0.2, 0) is 11.8 Å². The molecule has 0 spiro atoms. The molecule has 2 aromatic rings. The Hall–Kier alpha value is -1.53. The van der Waals surface area contributed by atoms with Crippen molar-refractivity contribution in [3.63, 3.8) is 0 Å². The lowest BCUT2D eigenvalue weighted by Crippen LogP contribution is -2.11. The Bertz CT molecular complexity index is 649. The Kier molecular flexibility index (Phi) is 4.06. The van der Waals surface area contributed by atoms with Crippen LogP contribution in [-0.4, -0.2) is 14.9 Å². The molecule has 0 unspecified atom stereocenters. The van der Waals surface area contributed by atoms with Crippen LogP contribution in [0.15, 0.2) is 17.5 Å². The fourth-order valence-corrected chi connectivity index (χ4v) is 2.88. The first kappa shape index (κ1) is 14.9. The Morgan fingerprint density at radius 1 is 1.35 bits per heavy atom. The topological polar surface area (TPSA) is 68.9 Å². The van der Waals surface area contributed by atoms with Crippen molar-refractivity contribution in [1.82, 2.24) is 9.97 Å². The van der Waals surface area contributed by atoms with Gasteiger partial charge in [0, 0.05) is 23.3 Å². The van der Waals surface area contributed by atoms with Crippen LogP contribution in [0.3, 0.4) is 0 Å². The number of pyridine rings is 1. The summed E-state index contributed by atoms with van der Waals surface area (Å²) >= 11 is 7.33. The third kappa shape index (κ3) is 3.52. The van der Waals surface area contributed by atoms with Gasteiger partial charge in [-0.25, -0.2) is 9.97 Å². The number of nitrogens with zero attached hydrogens (tertiary/aromatic N) is 3. The van der Waals surface area contributed by atoms with E-state index in [0.29, 0.717) is 12.1 Å². The number of hydrogen-bond acceptors (Lipinski definition) is 5. The first-order valence-electron chi connectivity index (χ1n) is 6.01. The van der Waals surface area contributed by atoms with Gasteiger partial charge in [0.2, 0.25) is 0 Å². The zero-order chi connectivity index (χ0) is 14.9. The second kappa shape index (κ2) is 5.46. The van der Waals surface area contributed by atoms with Gasteiger partial charge in [0.05, 0.1) is 27.4 Å². The maximum atomic E-state index is 10.8. The van der Waals surface area contributed by atoms with E-state index < -0.39 is 4.92 Å². The van der Waals surface area contributed by atoms with Crippen LogP contribution in [0, 0.1) is 10.1 Å². The summed E-state index contributed by atoms with van der Waals surface area (Å²) in [5.41, 5.74) is 1.50. The molecule has 2 rings (SSSR count). The quantitative estimate of drug-likeness (QED) is 0.488. The zero-order valence-corrected chi connectivity index (χ0v) is 13.0. The van der Waals surface area contributed by atoms with Gasteiger partial charge in [-0.1, -0.05) is 32.4 Å². The van der Waals surface area contributed by atoms with Crippen LogP contribution >= 0.6 is 22.9 Å². The van der Waals surface area contributed by atoms with E-state index in [9.17, 15) is 10.1 Å². The van der Waals surface area contributed by atoms with Gasteiger partial charge in [0.1, 0.15) is 5.15 Å². The fraction of sp³-hybridized carbons (Fsp3) is 0.385. The minimum Gasteiger partial charge on any atom is -0.258 e. The van der Waals surface area contributed by atoms with Crippen LogP contribution in [0.5, 0.6) is 0 Å². The van der Waals surface area contributed by atoms with Gasteiger partial charge in [0.25, 0.3) is 5.69 Å². The molecule has 0 aliphatic heterocycles. The highest BCUT2D eigenvalue weighted by atomic mass is 35.5. The average Bonchev–Trinajstić information content (AvgIpc) is 2.76. The predicted molar refractivity (Wildman–Crippen MR) is 79.5 cm³/mol. The van der Waals surface area contributed by atoms with Crippen molar-refractivity contribution in [1.29, 1.82) is 0 Å². The summed E-state index contributed by atoms with van der Waals surface area (Å²) in [5, 5.41) is 13.8. The van der Waals surface area contributed by atoms with Crippen molar-refractivity contribution in [3.8, 4) is 0 Å². The van der Waals surface area contributed by atoms with Crippen LogP contribution in [0.4, 0.5) is 5.69 Å². The summed E-state index contributed by atoms with van der Waals surface area (Å²) in [5.74, 6) is 0. The van der Waals surface area contributed by atoms with Gasteiger partial charge in [-0.3, -0.25) is 10.1 Å². The maximum Gasteiger partial charge on any atom is 0.274 e. The predicted octanol–water partition coefficient (Wildman–Crippen LogP) is 3.99. The normalized spacial score (nSPS) is 11.6. The number of halogens is 1. The molecule has 20 heavy (non-hydrogen) atoms. The largest absolute Gasteiger partial charge is 0.274 e. The summed E-state index contributed by atoms with van der Waals surface area (Å²) in [6.45, 7) is 6.27. The smallest absolute Gasteiger partial charge is 0.258 e. The molecular formula is C13H14ClN3O2S. The molecule has 0 aromatic carbocycles. The van der Waals surface area contributed by atoms with Gasteiger partial charge in [-0.15, -0.1) is 11.3 Å². The minimum absolute atomic E-state index is 0.0114. The van der Waals surface area contributed by atoms with E-state index in [-0.39, 0.29) is 16.3 Å². The zero-order valence-electron chi connectivity index (χ0n) is 11.4. The lowest BCUT2D eigenvalue weighted by Gasteiger charge is -2.14. The highest BCUT2D eigenvalue weighted by Crippen LogP contribution is 2.26. The van der Waals surface area contributed by atoms with E-state index in [4.69, 9.17) is 11.6 Å². The van der Waals surface area contributed by atoms with Gasteiger partial charge in [-0.05, 0) is 0 Å². The van der Waals surface area contributed by atoms with Crippen molar-refractivity contribution in [2.24, 2.45) is 0 Å². The molecule has 0 aliphatic carbocycles. The second-order valence-electron chi connectivity index (χ2n) is 5.45. The first-order valence-corrected chi connectivity index (χ1v) is 7.27. The molecule has 0 atom stereocenters. The Labute approximate surface area is 125 Å². The Morgan fingerprint density at radius 3 is 2.60 bits per heavy atom. The number of rotatable bonds is 3. The summed E-state index contributed by atoms with van der Waals surface area (Å²) in [6, 6.07) is 2.68. The molecule has 106 valence electrons. The molecule has 0 radical (unpaired) electrons. The monoisotopic (exact) mass is 311 g/mol. The highest BCUT2D eigenvalue weighted by Gasteiger charge is 2.18. The molecule has 0 saturated carbocycles. The SMILES string of the molecule is CC(C)(C)c1csc(Cc2cc([N+](=O)[O-])cc(Cl)n2)n1. The molecule has 5 nitrogen and oxygen atoms in total. The van der Waals surface area contributed by atoms with Gasteiger partial charge in [0.15, 0.2) is 0 Å². The molecule has 0 amide bonds. The average molecular weight is 312 g/mol. The van der Waals surface area contributed by atoms with E-state index in [0.717, 1.165) is 10.7 Å². The number of aromatic nitrogens is 2. The molecule has 0 aliphatic rings. The van der Waals surface area contributed by atoms with Crippen molar-refractivity contribution in [2.45, 2.75) is 32.6 Å². The van der Waals surface area contributed by atoms with Crippen molar-refractivity contribution < 1.29 is 4.92 Å². The highest BCUT2D eigenvalue weighted by molar-refractivity contribution is 7.09. The van der Waals surface area contributed by atoms with Crippen LogP contribution in [0.2, 0.25) is 5.15 Å². The van der Waals surface area contributed by atoms with Gasteiger partial charge in [-0.2, -0.15) is 0 Å². The molecule has 0 saturated heterocycles. The molecule has 0 fully saturated rings. The number of nitro groups is 1. The molecule has 2 aromatic heterocycles. The van der Waals surface area contributed by atoms with Crippen molar-refractivity contribution in [2.75, 3.05) is 0 Å². The summed E-state index contributed by atoms with van der Waals surface area (Å²) in [7, 11) is 0. The van der Waals surface area contributed by atoms with Crippen molar-refractivity contribution >= 4 is 28.6 Å². The summed E-state index contributed by atoms with van der Waals surface area (Å²) in [4.78, 5) is 19.0. The Balaban J connectivity index is 2.26. The molecule has 0 N–H and O–H groups in total. The molecule has 2 heterocycles. The summed E-state index contributed by atoms with van der Waals surface area (Å²) in [6.07, 6.45) is 0.447. The van der Waals surface area contributed by atoms with Crippen LogP contribution < -0.4 is 0 Å². The van der Waals surface area contributed by atoms with E-state index in [2.05, 4.69) is 30.7 Å². The summed E-state index contributed by atoms with van der Waals surface area (Å²) < 4.78 is 0. The van der Waals surface area contributed by atoms with Crippen LogP contribution in [0.1, 0.15) is 37.2 Å². The second-order valence-corrected chi connectivity index (χ2v) is 6.78. The number of hydrogen-bond donors (Lipinski definition) is 0. The minimum atomic E-state index is -0.473. The molecule has 7 heteroatoms. The third-order valence-corrected chi connectivity index (χ3v) is 3.74. The van der Waals surface area contributed by atoms with E-state index >= 15 is 0 Å². The van der Waals surface area contributed by atoms with E-state index in [1.807, 2.05) is 5.38 Å². The lowest BCUT2D eigenvalue weighted by atomic mass is 9.93. The number of thiazole rings is 1. The first-order chi connectivity index (χ1) is 9.25. The van der Waals surface area contributed by atoms with Gasteiger partial charge < -0.3 is 0 Å². The third-order valence-electron chi connectivity index (χ3n) is 2.70. The standard InChI is InChI=1S/C13H14ClN3O2S/c1-13(2,3)10-7-20-12(16-10)5-8-4-9(17(18)19)6-11(14)15-8/h4,6-7H,5H2,1-3H3. The Morgan fingerprint density at radius 2 is 2.05 bits per heavy atom. The fourth-order valence-electron chi connectivity index (χ4n) is 1.62. The van der Waals surface area contributed by atoms with E-state index in [1.165, 1.54) is 23.5 Å².